The summed E-state index contributed by atoms with van der Waals surface area (Å²) in [6.45, 7) is 1.02. The molecule has 3 rings (SSSR count). The molecule has 0 saturated heterocycles. The molecule has 1 heterocycles. The topological polar surface area (TPSA) is 66.0 Å². The number of hydrogen-bond acceptors (Lipinski definition) is 5. The van der Waals surface area contributed by atoms with E-state index in [1.807, 2.05) is 18.2 Å². The Bertz CT molecular complexity index is 744. The Morgan fingerprint density at radius 2 is 1.96 bits per heavy atom. The zero-order valence-electron chi connectivity index (χ0n) is 13.6. The van der Waals surface area contributed by atoms with Crippen LogP contribution >= 0.6 is 0 Å². The summed E-state index contributed by atoms with van der Waals surface area (Å²) in [5, 5.41) is 2.90. The Labute approximate surface area is 140 Å². The van der Waals surface area contributed by atoms with Crippen molar-refractivity contribution < 1.29 is 23.7 Å². The van der Waals surface area contributed by atoms with E-state index in [0.29, 0.717) is 30.2 Å². The lowest BCUT2D eigenvalue weighted by Gasteiger charge is -2.11. The standard InChI is InChI=1S/C18H19NO5/c1-21-10-14-8-13(4-6-15(14)22-2)18(20)19-9-12-3-5-16-17(7-12)24-11-23-16/h3-8H,9-11H2,1-2H3,(H,19,20). The third-order valence-corrected chi connectivity index (χ3v) is 3.73. The molecule has 0 spiro atoms. The fourth-order valence-corrected chi connectivity index (χ4v) is 2.52. The van der Waals surface area contributed by atoms with E-state index in [0.717, 1.165) is 16.9 Å². The number of nitrogens with one attached hydrogen (secondary N) is 1. The van der Waals surface area contributed by atoms with Crippen molar-refractivity contribution >= 4 is 5.91 Å². The molecule has 6 nitrogen and oxygen atoms in total. The van der Waals surface area contributed by atoms with Crippen LogP contribution in [0.2, 0.25) is 0 Å². The van der Waals surface area contributed by atoms with E-state index in [4.69, 9.17) is 18.9 Å². The van der Waals surface area contributed by atoms with Gasteiger partial charge in [0.15, 0.2) is 11.5 Å². The van der Waals surface area contributed by atoms with Crippen LogP contribution in [0.25, 0.3) is 0 Å². The predicted octanol–water partition coefficient (Wildman–Crippen LogP) is 2.50. The Balaban J connectivity index is 1.67. The van der Waals surface area contributed by atoms with Gasteiger partial charge in [-0.25, -0.2) is 0 Å². The van der Waals surface area contributed by atoms with Gasteiger partial charge >= 0.3 is 0 Å². The molecule has 1 aliphatic rings. The second-order valence-corrected chi connectivity index (χ2v) is 5.33. The highest BCUT2D eigenvalue weighted by molar-refractivity contribution is 5.94. The van der Waals surface area contributed by atoms with Gasteiger partial charge in [-0.3, -0.25) is 4.79 Å². The fraction of sp³-hybridized carbons (Fsp3) is 0.278. The van der Waals surface area contributed by atoms with Crippen molar-refractivity contribution in [3.63, 3.8) is 0 Å². The van der Waals surface area contributed by atoms with Gasteiger partial charge in [0.2, 0.25) is 6.79 Å². The van der Waals surface area contributed by atoms with Crippen LogP contribution < -0.4 is 19.5 Å². The Morgan fingerprint density at radius 1 is 1.12 bits per heavy atom. The summed E-state index contributed by atoms with van der Waals surface area (Å²) in [5.74, 6) is 1.97. The molecule has 2 aromatic rings. The molecule has 2 aromatic carbocycles. The number of ether oxygens (including phenoxy) is 4. The lowest BCUT2D eigenvalue weighted by atomic mass is 10.1. The lowest BCUT2D eigenvalue weighted by Crippen LogP contribution is -2.23. The van der Waals surface area contributed by atoms with Crippen molar-refractivity contribution in [2.75, 3.05) is 21.0 Å². The third-order valence-electron chi connectivity index (χ3n) is 3.73. The van der Waals surface area contributed by atoms with E-state index in [1.54, 1.807) is 32.4 Å². The molecular formula is C18H19NO5. The number of fused-ring (bicyclic) bond motifs is 1. The number of amides is 1. The van der Waals surface area contributed by atoms with E-state index in [-0.39, 0.29) is 12.7 Å². The van der Waals surface area contributed by atoms with Gasteiger partial charge in [-0.15, -0.1) is 0 Å². The van der Waals surface area contributed by atoms with Gasteiger partial charge in [0.05, 0.1) is 13.7 Å². The van der Waals surface area contributed by atoms with Crippen molar-refractivity contribution in [1.29, 1.82) is 0 Å². The quantitative estimate of drug-likeness (QED) is 0.882. The first-order chi connectivity index (χ1) is 11.7. The molecule has 0 fully saturated rings. The fourth-order valence-electron chi connectivity index (χ4n) is 2.52. The van der Waals surface area contributed by atoms with E-state index in [9.17, 15) is 4.79 Å². The Hall–Kier alpha value is -2.73. The SMILES string of the molecule is COCc1cc(C(=O)NCc2ccc3c(c2)OCO3)ccc1OC. The van der Waals surface area contributed by atoms with Crippen molar-refractivity contribution in [3.05, 3.63) is 53.1 Å². The number of rotatable bonds is 6. The van der Waals surface area contributed by atoms with E-state index in [1.165, 1.54) is 0 Å². The monoisotopic (exact) mass is 329 g/mol. The molecule has 1 N–H and O–H groups in total. The highest BCUT2D eigenvalue weighted by atomic mass is 16.7. The number of carbonyl (C=O) groups excluding carboxylic acids is 1. The minimum Gasteiger partial charge on any atom is -0.496 e. The first-order valence-corrected chi connectivity index (χ1v) is 7.54. The molecule has 0 radical (unpaired) electrons. The summed E-state index contributed by atoms with van der Waals surface area (Å²) in [5.41, 5.74) is 2.33. The van der Waals surface area contributed by atoms with Crippen LogP contribution in [0.5, 0.6) is 17.2 Å². The normalized spacial score (nSPS) is 12.1. The van der Waals surface area contributed by atoms with Crippen LogP contribution in [0, 0.1) is 0 Å². The number of methoxy groups -OCH3 is 2. The van der Waals surface area contributed by atoms with E-state index in [2.05, 4.69) is 5.32 Å². The molecule has 126 valence electrons. The van der Waals surface area contributed by atoms with Crippen LogP contribution in [-0.2, 0) is 17.9 Å². The van der Waals surface area contributed by atoms with Gasteiger partial charge in [0.1, 0.15) is 5.75 Å². The van der Waals surface area contributed by atoms with Crippen LogP contribution in [0.1, 0.15) is 21.5 Å². The third kappa shape index (κ3) is 3.44. The van der Waals surface area contributed by atoms with Gasteiger partial charge in [0, 0.05) is 24.8 Å². The zero-order chi connectivity index (χ0) is 16.9. The molecule has 0 atom stereocenters. The van der Waals surface area contributed by atoms with Crippen LogP contribution in [0.15, 0.2) is 36.4 Å². The van der Waals surface area contributed by atoms with Crippen LogP contribution in [0.3, 0.4) is 0 Å². The van der Waals surface area contributed by atoms with Gasteiger partial charge in [0.25, 0.3) is 5.91 Å². The van der Waals surface area contributed by atoms with Crippen molar-refractivity contribution in [3.8, 4) is 17.2 Å². The van der Waals surface area contributed by atoms with Crippen molar-refractivity contribution in [1.82, 2.24) is 5.32 Å². The molecule has 24 heavy (non-hydrogen) atoms. The largest absolute Gasteiger partial charge is 0.496 e. The first-order valence-electron chi connectivity index (χ1n) is 7.54. The van der Waals surface area contributed by atoms with Crippen molar-refractivity contribution in [2.24, 2.45) is 0 Å². The maximum Gasteiger partial charge on any atom is 0.251 e. The van der Waals surface area contributed by atoms with Gasteiger partial charge in [-0.2, -0.15) is 0 Å². The molecule has 0 aromatic heterocycles. The molecule has 0 unspecified atom stereocenters. The maximum absolute atomic E-state index is 12.4. The second-order valence-electron chi connectivity index (χ2n) is 5.33. The van der Waals surface area contributed by atoms with E-state index >= 15 is 0 Å². The second kappa shape index (κ2) is 7.23. The number of benzene rings is 2. The molecule has 1 amide bonds. The van der Waals surface area contributed by atoms with Crippen LogP contribution in [0.4, 0.5) is 0 Å². The average Bonchev–Trinajstić information content (AvgIpc) is 3.07. The highest BCUT2D eigenvalue weighted by Gasteiger charge is 2.14. The summed E-state index contributed by atoms with van der Waals surface area (Å²) in [4.78, 5) is 12.4. The van der Waals surface area contributed by atoms with Crippen LogP contribution in [-0.4, -0.2) is 26.9 Å². The first kappa shape index (κ1) is 16.1. The Morgan fingerprint density at radius 3 is 2.75 bits per heavy atom. The molecule has 0 aliphatic carbocycles. The smallest absolute Gasteiger partial charge is 0.251 e. The highest BCUT2D eigenvalue weighted by Crippen LogP contribution is 2.32. The summed E-state index contributed by atoms with van der Waals surface area (Å²) >= 11 is 0. The number of carbonyl (C=O) groups is 1. The van der Waals surface area contributed by atoms with Crippen molar-refractivity contribution in [2.45, 2.75) is 13.2 Å². The lowest BCUT2D eigenvalue weighted by molar-refractivity contribution is 0.0950. The number of hydrogen-bond donors (Lipinski definition) is 1. The summed E-state index contributed by atoms with van der Waals surface area (Å²) in [6, 6.07) is 10.9. The molecule has 0 saturated carbocycles. The summed E-state index contributed by atoms with van der Waals surface area (Å²) < 4.78 is 21.0. The van der Waals surface area contributed by atoms with Gasteiger partial charge in [-0.1, -0.05) is 6.07 Å². The molecule has 1 aliphatic heterocycles. The summed E-state index contributed by atoms with van der Waals surface area (Å²) in [6.07, 6.45) is 0. The van der Waals surface area contributed by atoms with E-state index < -0.39 is 0 Å². The zero-order valence-corrected chi connectivity index (χ0v) is 13.6. The molecular weight excluding hydrogens is 310 g/mol. The average molecular weight is 329 g/mol. The Kier molecular flexibility index (Phi) is 4.86. The van der Waals surface area contributed by atoms with Gasteiger partial charge < -0.3 is 24.3 Å². The predicted molar refractivity (Wildman–Crippen MR) is 87.4 cm³/mol. The van der Waals surface area contributed by atoms with Gasteiger partial charge in [-0.05, 0) is 35.9 Å². The minimum atomic E-state index is -0.160. The molecule has 0 bridgehead atoms. The summed E-state index contributed by atoms with van der Waals surface area (Å²) in [7, 11) is 3.19. The minimum absolute atomic E-state index is 0.160. The maximum atomic E-state index is 12.4. The molecule has 6 heteroatoms.